The lowest BCUT2D eigenvalue weighted by Gasteiger charge is -2.28. The van der Waals surface area contributed by atoms with Gasteiger partial charge in [0.1, 0.15) is 9.84 Å². The van der Waals surface area contributed by atoms with Crippen LogP contribution >= 0.6 is 0 Å². The molecule has 5 heteroatoms. The average molecular weight is 331 g/mol. The number of hydrogen-bond acceptors (Lipinski definition) is 3. The van der Waals surface area contributed by atoms with Crippen LogP contribution in [0.15, 0.2) is 42.5 Å². The van der Waals surface area contributed by atoms with Crippen LogP contribution in [0.25, 0.3) is 10.8 Å². The van der Waals surface area contributed by atoms with Crippen molar-refractivity contribution in [1.82, 2.24) is 5.32 Å². The van der Waals surface area contributed by atoms with Crippen LogP contribution in [-0.2, 0) is 9.84 Å². The van der Waals surface area contributed by atoms with E-state index in [1.54, 1.807) is 0 Å². The number of benzene rings is 2. The number of carbonyl (C=O) groups is 1. The molecule has 0 bridgehead atoms. The van der Waals surface area contributed by atoms with E-state index in [2.05, 4.69) is 5.32 Å². The summed E-state index contributed by atoms with van der Waals surface area (Å²) in [7, 11) is -3.05. The van der Waals surface area contributed by atoms with Gasteiger partial charge in [-0.15, -0.1) is 0 Å². The molecule has 1 aliphatic rings. The summed E-state index contributed by atoms with van der Waals surface area (Å²) < 4.78 is 23.5. The number of sulfone groups is 1. The highest BCUT2D eigenvalue weighted by molar-refractivity contribution is 7.91. The fourth-order valence-corrected chi connectivity index (χ4v) is 4.53. The average Bonchev–Trinajstić information content (AvgIpc) is 2.53. The summed E-state index contributed by atoms with van der Waals surface area (Å²) in [4.78, 5) is 12.6. The molecule has 4 nitrogen and oxygen atoms in total. The molecule has 23 heavy (non-hydrogen) atoms. The molecule has 0 saturated heterocycles. The lowest BCUT2D eigenvalue weighted by molar-refractivity contribution is 0.0929. The van der Waals surface area contributed by atoms with Gasteiger partial charge in [0.2, 0.25) is 0 Å². The molecule has 2 atom stereocenters. The third-order valence-corrected chi connectivity index (χ3v) is 6.24. The van der Waals surface area contributed by atoms with Gasteiger partial charge in [-0.3, -0.25) is 4.79 Å². The zero-order valence-electron chi connectivity index (χ0n) is 13.2. The summed E-state index contributed by atoms with van der Waals surface area (Å²) in [5.41, 5.74) is 0.643. The Kier molecular flexibility index (Phi) is 4.39. The highest BCUT2D eigenvalue weighted by Crippen LogP contribution is 2.25. The van der Waals surface area contributed by atoms with Crippen LogP contribution in [0.3, 0.4) is 0 Å². The lowest BCUT2D eigenvalue weighted by atomic mass is 9.94. The van der Waals surface area contributed by atoms with Crippen molar-refractivity contribution >= 4 is 26.5 Å². The quantitative estimate of drug-likeness (QED) is 0.940. The van der Waals surface area contributed by atoms with Crippen LogP contribution in [0.1, 0.15) is 36.0 Å². The van der Waals surface area contributed by atoms with E-state index >= 15 is 0 Å². The van der Waals surface area contributed by atoms with E-state index in [1.165, 1.54) is 6.26 Å². The minimum absolute atomic E-state index is 0.0741. The van der Waals surface area contributed by atoms with Gasteiger partial charge in [-0.25, -0.2) is 8.42 Å². The molecule has 1 saturated carbocycles. The van der Waals surface area contributed by atoms with Gasteiger partial charge in [0.05, 0.1) is 5.25 Å². The zero-order valence-corrected chi connectivity index (χ0v) is 14.0. The van der Waals surface area contributed by atoms with E-state index in [1.807, 2.05) is 42.5 Å². The summed E-state index contributed by atoms with van der Waals surface area (Å²) >= 11 is 0. The van der Waals surface area contributed by atoms with Crippen LogP contribution < -0.4 is 5.32 Å². The Labute approximate surface area is 136 Å². The van der Waals surface area contributed by atoms with Crippen LogP contribution in [0, 0.1) is 0 Å². The molecule has 1 fully saturated rings. The predicted octanol–water partition coefficient (Wildman–Crippen LogP) is 2.93. The maximum Gasteiger partial charge on any atom is 0.252 e. The normalized spacial score (nSPS) is 22.0. The van der Waals surface area contributed by atoms with E-state index < -0.39 is 9.84 Å². The Bertz CT molecular complexity index is 824. The van der Waals surface area contributed by atoms with E-state index in [0.717, 1.165) is 23.6 Å². The van der Waals surface area contributed by atoms with Crippen molar-refractivity contribution in [2.24, 2.45) is 0 Å². The molecule has 2 aromatic rings. The highest BCUT2D eigenvalue weighted by Gasteiger charge is 2.29. The van der Waals surface area contributed by atoms with Crippen molar-refractivity contribution < 1.29 is 13.2 Å². The van der Waals surface area contributed by atoms with Crippen molar-refractivity contribution in [1.29, 1.82) is 0 Å². The third-order valence-electron chi connectivity index (χ3n) is 4.60. The van der Waals surface area contributed by atoms with Gasteiger partial charge in [-0.1, -0.05) is 42.8 Å². The van der Waals surface area contributed by atoms with Gasteiger partial charge in [-0.2, -0.15) is 0 Å². The summed E-state index contributed by atoms with van der Waals surface area (Å²) in [6.45, 7) is 0. The van der Waals surface area contributed by atoms with Crippen LogP contribution in [-0.4, -0.2) is 31.9 Å². The summed E-state index contributed by atoms with van der Waals surface area (Å²) in [6, 6.07) is 13.4. The molecule has 0 aliphatic heterocycles. The molecule has 122 valence electrons. The first kappa shape index (κ1) is 16.0. The van der Waals surface area contributed by atoms with Gasteiger partial charge in [0.25, 0.3) is 5.91 Å². The summed E-state index contributed by atoms with van der Waals surface area (Å²) in [5.74, 6) is -0.124. The molecule has 0 unspecified atom stereocenters. The van der Waals surface area contributed by atoms with Gasteiger partial charge in [-0.05, 0) is 36.1 Å². The molecule has 0 spiro atoms. The Morgan fingerprint density at radius 3 is 2.61 bits per heavy atom. The number of amides is 1. The van der Waals surface area contributed by atoms with Gasteiger partial charge >= 0.3 is 0 Å². The minimum Gasteiger partial charge on any atom is -0.349 e. The molecule has 3 rings (SSSR count). The summed E-state index contributed by atoms with van der Waals surface area (Å²) in [5, 5.41) is 4.63. The largest absolute Gasteiger partial charge is 0.349 e. The second-order valence-electron chi connectivity index (χ2n) is 6.32. The molecular weight excluding hydrogens is 310 g/mol. The minimum atomic E-state index is -3.05. The fraction of sp³-hybridized carbons (Fsp3) is 0.389. The van der Waals surface area contributed by atoms with Crippen LogP contribution in [0.5, 0.6) is 0 Å². The standard InChI is InChI=1S/C18H21NO3S/c1-23(21,22)15-9-5-8-14(12-15)19-18(20)17-11-4-7-13-6-2-3-10-16(13)17/h2-4,6-7,10-11,14-15H,5,8-9,12H2,1H3,(H,19,20)/t14-,15-/m1/s1. The zero-order chi connectivity index (χ0) is 16.4. The van der Waals surface area contributed by atoms with Crippen molar-refractivity contribution in [2.45, 2.75) is 37.0 Å². The Balaban J connectivity index is 1.78. The first-order valence-electron chi connectivity index (χ1n) is 7.92. The molecule has 1 N–H and O–H groups in total. The first-order chi connectivity index (χ1) is 10.9. The predicted molar refractivity (Wildman–Crippen MR) is 92.3 cm³/mol. The number of carbonyl (C=O) groups excluding carboxylic acids is 1. The topological polar surface area (TPSA) is 63.2 Å². The maximum absolute atomic E-state index is 12.6. The monoisotopic (exact) mass is 331 g/mol. The lowest BCUT2D eigenvalue weighted by Crippen LogP contribution is -2.41. The maximum atomic E-state index is 12.6. The van der Waals surface area contributed by atoms with Crippen LogP contribution in [0.4, 0.5) is 0 Å². The van der Waals surface area contributed by atoms with Crippen LogP contribution in [0.2, 0.25) is 0 Å². The SMILES string of the molecule is CS(=O)(=O)[C@@H]1CCC[C@@H](NC(=O)c2cccc3ccccc23)C1. The number of fused-ring (bicyclic) bond motifs is 1. The first-order valence-corrected chi connectivity index (χ1v) is 9.88. The highest BCUT2D eigenvalue weighted by atomic mass is 32.2. The second-order valence-corrected chi connectivity index (χ2v) is 8.64. The molecular formula is C18H21NO3S. The van der Waals surface area contributed by atoms with Gasteiger partial charge in [0.15, 0.2) is 0 Å². The van der Waals surface area contributed by atoms with E-state index in [9.17, 15) is 13.2 Å². The van der Waals surface area contributed by atoms with Crippen molar-refractivity contribution in [3.05, 3.63) is 48.0 Å². The fourth-order valence-electron chi connectivity index (χ4n) is 3.35. The van der Waals surface area contributed by atoms with E-state index in [-0.39, 0.29) is 17.2 Å². The van der Waals surface area contributed by atoms with Crippen molar-refractivity contribution in [3.63, 3.8) is 0 Å². The number of nitrogens with one attached hydrogen (secondary N) is 1. The van der Waals surface area contributed by atoms with Gasteiger partial charge in [0, 0.05) is 17.9 Å². The second kappa shape index (κ2) is 6.32. The number of rotatable bonds is 3. The molecule has 0 heterocycles. The van der Waals surface area contributed by atoms with Gasteiger partial charge < -0.3 is 5.32 Å². The Hall–Kier alpha value is -1.88. The summed E-state index contributed by atoms with van der Waals surface area (Å²) in [6.07, 6.45) is 4.15. The van der Waals surface area contributed by atoms with Crippen molar-refractivity contribution in [2.75, 3.05) is 6.26 Å². The molecule has 0 aromatic heterocycles. The third kappa shape index (κ3) is 3.55. The Morgan fingerprint density at radius 1 is 1.09 bits per heavy atom. The molecule has 0 radical (unpaired) electrons. The Morgan fingerprint density at radius 2 is 1.83 bits per heavy atom. The number of hydrogen-bond donors (Lipinski definition) is 1. The van der Waals surface area contributed by atoms with E-state index in [0.29, 0.717) is 18.4 Å². The molecule has 1 aliphatic carbocycles. The van der Waals surface area contributed by atoms with Crippen molar-refractivity contribution in [3.8, 4) is 0 Å². The molecule has 1 amide bonds. The molecule has 2 aromatic carbocycles. The smallest absolute Gasteiger partial charge is 0.252 e. The van der Waals surface area contributed by atoms with E-state index in [4.69, 9.17) is 0 Å².